The molecule has 1 saturated heterocycles. The number of nitrogens with one attached hydrogen (secondary N) is 1. The number of halogens is 1. The third kappa shape index (κ3) is 6.44. The number of hydrogen-bond donors (Lipinski definition) is 1. The minimum atomic E-state index is -0.591. The standard InChI is InChI=1S/C36H35FN4O3/c1-39(34-22-27-10-6-7-11-32(27)40(34)2)24-35(42)41-23-26(20-25-8-4-3-5-9-25)21-33(41)36(43)38-29-14-18-31(19-15-29)44-30-16-12-28(37)13-17-30/h3-19,22,26,33H,20-21,23-24H2,1-2H3,(H,38,43)/t26-,33+/m1/s1. The van der Waals surface area contributed by atoms with Gasteiger partial charge in [0.25, 0.3) is 0 Å². The largest absolute Gasteiger partial charge is 0.457 e. The number of aromatic nitrogens is 1. The van der Waals surface area contributed by atoms with Gasteiger partial charge < -0.3 is 24.4 Å². The predicted octanol–water partition coefficient (Wildman–Crippen LogP) is 6.64. The van der Waals surface area contributed by atoms with E-state index in [1.165, 1.54) is 17.7 Å². The van der Waals surface area contributed by atoms with Gasteiger partial charge >= 0.3 is 0 Å². The van der Waals surface area contributed by atoms with Crippen molar-refractivity contribution in [1.29, 1.82) is 0 Å². The topological polar surface area (TPSA) is 66.8 Å². The molecule has 0 radical (unpaired) electrons. The number of ether oxygens (including phenoxy) is 1. The summed E-state index contributed by atoms with van der Waals surface area (Å²) in [4.78, 5) is 31.2. The van der Waals surface area contributed by atoms with E-state index in [0.717, 1.165) is 23.1 Å². The van der Waals surface area contributed by atoms with Crippen LogP contribution in [0.3, 0.4) is 0 Å². The summed E-state index contributed by atoms with van der Waals surface area (Å²) >= 11 is 0. The van der Waals surface area contributed by atoms with E-state index >= 15 is 0 Å². The molecule has 0 saturated carbocycles. The van der Waals surface area contributed by atoms with Gasteiger partial charge in [-0.15, -0.1) is 0 Å². The maximum Gasteiger partial charge on any atom is 0.247 e. The van der Waals surface area contributed by atoms with Gasteiger partial charge in [0.05, 0.1) is 6.54 Å². The van der Waals surface area contributed by atoms with E-state index in [-0.39, 0.29) is 30.1 Å². The molecule has 2 amide bonds. The molecule has 1 N–H and O–H groups in total. The number of likely N-dealkylation sites (N-methyl/N-ethyl adjacent to an activating group) is 1. The fraction of sp³-hybridized carbons (Fsp3) is 0.222. The first-order valence-electron chi connectivity index (χ1n) is 14.8. The lowest BCUT2D eigenvalue weighted by Gasteiger charge is -2.27. The Labute approximate surface area is 256 Å². The van der Waals surface area contributed by atoms with Crippen LogP contribution in [0.5, 0.6) is 11.5 Å². The first-order chi connectivity index (χ1) is 21.3. The Morgan fingerprint density at radius 1 is 0.909 bits per heavy atom. The van der Waals surface area contributed by atoms with Crippen molar-refractivity contribution in [3.8, 4) is 11.5 Å². The summed E-state index contributed by atoms with van der Waals surface area (Å²) in [6, 6.07) is 32.6. The van der Waals surface area contributed by atoms with Crippen LogP contribution in [0.15, 0.2) is 109 Å². The zero-order valence-electron chi connectivity index (χ0n) is 24.8. The van der Waals surface area contributed by atoms with E-state index in [1.54, 1.807) is 41.3 Å². The minimum Gasteiger partial charge on any atom is -0.457 e. The summed E-state index contributed by atoms with van der Waals surface area (Å²) < 4.78 is 21.1. The molecule has 1 fully saturated rings. The highest BCUT2D eigenvalue weighted by atomic mass is 19.1. The van der Waals surface area contributed by atoms with Crippen LogP contribution in [0, 0.1) is 11.7 Å². The van der Waals surface area contributed by atoms with E-state index in [9.17, 15) is 14.0 Å². The average molecular weight is 591 g/mol. The number of likely N-dealkylation sites (tertiary alicyclic amines) is 1. The molecule has 44 heavy (non-hydrogen) atoms. The van der Waals surface area contributed by atoms with Gasteiger partial charge in [0, 0.05) is 37.2 Å². The number of para-hydroxylation sites is 1. The number of benzene rings is 4. The van der Waals surface area contributed by atoms with Crippen molar-refractivity contribution < 1.29 is 18.7 Å². The van der Waals surface area contributed by atoms with E-state index in [0.29, 0.717) is 30.2 Å². The fourth-order valence-electron chi connectivity index (χ4n) is 6.03. The maximum absolute atomic E-state index is 13.8. The van der Waals surface area contributed by atoms with E-state index in [1.807, 2.05) is 49.3 Å². The van der Waals surface area contributed by atoms with Crippen molar-refractivity contribution in [1.82, 2.24) is 9.47 Å². The van der Waals surface area contributed by atoms with Gasteiger partial charge in [-0.3, -0.25) is 9.59 Å². The number of carbonyl (C=O) groups is 2. The summed E-state index contributed by atoms with van der Waals surface area (Å²) in [6.07, 6.45) is 1.37. The highest BCUT2D eigenvalue weighted by molar-refractivity contribution is 5.98. The average Bonchev–Trinajstić information content (AvgIpc) is 3.61. The highest BCUT2D eigenvalue weighted by Gasteiger charge is 2.39. The number of amides is 2. The molecule has 6 rings (SSSR count). The minimum absolute atomic E-state index is 0.0866. The third-order valence-electron chi connectivity index (χ3n) is 8.24. The number of fused-ring (bicyclic) bond motifs is 1. The molecule has 5 aromatic rings. The maximum atomic E-state index is 13.8. The van der Waals surface area contributed by atoms with Crippen molar-refractivity contribution in [2.24, 2.45) is 13.0 Å². The summed E-state index contributed by atoms with van der Waals surface area (Å²) in [5.41, 5.74) is 2.89. The molecule has 224 valence electrons. The molecule has 1 aliphatic heterocycles. The van der Waals surface area contributed by atoms with Gasteiger partial charge in [0.2, 0.25) is 11.8 Å². The summed E-state index contributed by atoms with van der Waals surface area (Å²) in [7, 11) is 3.91. The molecule has 0 spiro atoms. The van der Waals surface area contributed by atoms with E-state index < -0.39 is 6.04 Å². The molecule has 0 aliphatic carbocycles. The van der Waals surface area contributed by atoms with Crippen LogP contribution in [0.25, 0.3) is 10.9 Å². The van der Waals surface area contributed by atoms with Gasteiger partial charge in [0.1, 0.15) is 29.2 Å². The second-order valence-electron chi connectivity index (χ2n) is 11.4. The van der Waals surface area contributed by atoms with Crippen LogP contribution in [0.2, 0.25) is 0 Å². The fourth-order valence-corrected chi connectivity index (χ4v) is 6.03. The van der Waals surface area contributed by atoms with Crippen LogP contribution < -0.4 is 15.0 Å². The number of rotatable bonds is 9. The molecular weight excluding hydrogens is 555 g/mol. The van der Waals surface area contributed by atoms with Crippen LogP contribution >= 0.6 is 0 Å². The lowest BCUT2D eigenvalue weighted by Crippen LogP contribution is -2.47. The molecule has 4 aromatic carbocycles. The monoisotopic (exact) mass is 590 g/mol. The van der Waals surface area contributed by atoms with Crippen molar-refractivity contribution in [2.75, 3.05) is 30.4 Å². The number of aryl methyl sites for hydroxylation is 1. The second kappa shape index (κ2) is 12.6. The zero-order valence-corrected chi connectivity index (χ0v) is 24.8. The van der Waals surface area contributed by atoms with Crippen molar-refractivity contribution in [3.63, 3.8) is 0 Å². The molecule has 0 unspecified atom stereocenters. The zero-order chi connectivity index (χ0) is 30.6. The SMILES string of the molecule is CN(CC(=O)N1C[C@H](Cc2ccccc2)C[C@H]1C(=O)Nc1ccc(Oc2ccc(F)cc2)cc1)c1cc2ccccc2n1C. The van der Waals surface area contributed by atoms with Crippen molar-refractivity contribution >= 4 is 34.2 Å². The Morgan fingerprint density at radius 2 is 1.57 bits per heavy atom. The van der Waals surface area contributed by atoms with Gasteiger partial charge in [-0.2, -0.15) is 0 Å². The number of nitrogens with zero attached hydrogens (tertiary/aromatic N) is 3. The molecule has 2 heterocycles. The lowest BCUT2D eigenvalue weighted by atomic mass is 9.96. The Balaban J connectivity index is 1.16. The van der Waals surface area contributed by atoms with E-state index in [4.69, 9.17) is 4.74 Å². The van der Waals surface area contributed by atoms with Crippen LogP contribution in [0.1, 0.15) is 12.0 Å². The molecular formula is C36H35FN4O3. The molecule has 1 aliphatic rings. The number of anilines is 2. The third-order valence-corrected chi connectivity index (χ3v) is 8.24. The Bertz CT molecular complexity index is 1750. The van der Waals surface area contributed by atoms with Crippen LogP contribution in [-0.4, -0.2) is 47.5 Å². The molecule has 8 heteroatoms. The highest BCUT2D eigenvalue weighted by Crippen LogP contribution is 2.30. The predicted molar refractivity (Wildman–Crippen MR) is 171 cm³/mol. The summed E-state index contributed by atoms with van der Waals surface area (Å²) in [5.74, 6) is 1.54. The van der Waals surface area contributed by atoms with Crippen LogP contribution in [0.4, 0.5) is 15.9 Å². The number of hydrogen-bond acceptors (Lipinski definition) is 4. The van der Waals surface area contributed by atoms with E-state index in [2.05, 4.69) is 40.2 Å². The smallest absolute Gasteiger partial charge is 0.247 e. The first-order valence-corrected chi connectivity index (χ1v) is 14.8. The molecule has 1 aromatic heterocycles. The second-order valence-corrected chi connectivity index (χ2v) is 11.4. The Hall–Kier alpha value is -5.11. The Morgan fingerprint density at radius 3 is 2.27 bits per heavy atom. The van der Waals surface area contributed by atoms with Crippen molar-refractivity contribution in [3.05, 3.63) is 121 Å². The number of carbonyl (C=O) groups excluding carboxylic acids is 2. The van der Waals surface area contributed by atoms with Gasteiger partial charge in [-0.1, -0.05) is 48.5 Å². The molecule has 0 bridgehead atoms. The van der Waals surface area contributed by atoms with Crippen LogP contribution in [-0.2, 0) is 23.1 Å². The Kier molecular flexibility index (Phi) is 8.32. The molecule has 7 nitrogen and oxygen atoms in total. The van der Waals surface area contributed by atoms with Crippen molar-refractivity contribution in [2.45, 2.75) is 18.9 Å². The first kappa shape index (κ1) is 29.0. The summed E-state index contributed by atoms with van der Waals surface area (Å²) in [6.45, 7) is 0.667. The van der Waals surface area contributed by atoms with Gasteiger partial charge in [-0.25, -0.2) is 4.39 Å². The quantitative estimate of drug-likeness (QED) is 0.209. The van der Waals surface area contributed by atoms with Gasteiger partial charge in [-0.05, 0) is 85.0 Å². The summed E-state index contributed by atoms with van der Waals surface area (Å²) in [5, 5.41) is 4.12. The normalized spacial score (nSPS) is 16.2. The van der Waals surface area contributed by atoms with Gasteiger partial charge in [0.15, 0.2) is 0 Å². The molecule has 2 atom stereocenters. The lowest BCUT2D eigenvalue weighted by molar-refractivity contribution is -0.135.